The summed E-state index contributed by atoms with van der Waals surface area (Å²) in [5.41, 5.74) is 3.59. The van der Waals surface area contributed by atoms with Crippen LogP contribution in [-0.4, -0.2) is 15.4 Å². The maximum absolute atomic E-state index is 5.86. The van der Waals surface area contributed by atoms with Crippen molar-refractivity contribution in [3.8, 4) is 0 Å². The highest BCUT2D eigenvalue weighted by atomic mass is 35.5. The summed E-state index contributed by atoms with van der Waals surface area (Å²) in [4.78, 5) is 4.69. The average molecular weight is 251 g/mol. The van der Waals surface area contributed by atoms with E-state index in [1.807, 2.05) is 0 Å². The number of aryl methyl sites for hydroxylation is 2. The first kappa shape index (κ1) is 12.4. The van der Waals surface area contributed by atoms with Gasteiger partial charge in [0.2, 0.25) is 0 Å². The number of imidazole rings is 1. The number of alkyl halides is 1. The predicted molar refractivity (Wildman–Crippen MR) is 73.9 cm³/mol. The molecule has 1 aromatic carbocycles. The number of rotatable bonds is 4. The SMILES string of the molecule is CCC(C)n1c(CCCl)nc2ccc(C)cc21. The van der Waals surface area contributed by atoms with Gasteiger partial charge in [0.05, 0.1) is 11.0 Å². The van der Waals surface area contributed by atoms with Crippen molar-refractivity contribution in [1.82, 2.24) is 9.55 Å². The van der Waals surface area contributed by atoms with Gasteiger partial charge in [-0.2, -0.15) is 0 Å². The summed E-state index contributed by atoms with van der Waals surface area (Å²) in [5, 5.41) is 0. The zero-order valence-corrected chi connectivity index (χ0v) is 11.5. The number of halogens is 1. The molecule has 0 amide bonds. The van der Waals surface area contributed by atoms with Gasteiger partial charge in [-0.05, 0) is 38.0 Å². The largest absolute Gasteiger partial charge is 0.325 e. The summed E-state index contributed by atoms with van der Waals surface area (Å²) in [5.74, 6) is 1.73. The Balaban J connectivity index is 2.64. The molecule has 2 nitrogen and oxygen atoms in total. The van der Waals surface area contributed by atoms with Crippen molar-refractivity contribution in [2.24, 2.45) is 0 Å². The second-order valence-electron chi connectivity index (χ2n) is 4.59. The van der Waals surface area contributed by atoms with Crippen molar-refractivity contribution in [1.29, 1.82) is 0 Å². The van der Waals surface area contributed by atoms with E-state index < -0.39 is 0 Å². The number of aromatic nitrogens is 2. The van der Waals surface area contributed by atoms with Gasteiger partial charge in [-0.15, -0.1) is 11.6 Å². The standard InChI is InChI=1S/C14H19ClN2/c1-4-11(3)17-13-9-10(2)5-6-12(13)16-14(17)7-8-15/h5-6,9,11H,4,7-8H2,1-3H3. The van der Waals surface area contributed by atoms with Gasteiger partial charge in [0.15, 0.2) is 0 Å². The molecule has 1 unspecified atom stereocenters. The monoisotopic (exact) mass is 250 g/mol. The van der Waals surface area contributed by atoms with Crippen LogP contribution >= 0.6 is 11.6 Å². The van der Waals surface area contributed by atoms with Crippen LogP contribution in [0.3, 0.4) is 0 Å². The Labute approximate surface area is 108 Å². The highest BCUT2D eigenvalue weighted by Crippen LogP contribution is 2.24. The Bertz CT molecular complexity index is 516. The number of nitrogens with zero attached hydrogens (tertiary/aromatic N) is 2. The molecule has 0 aliphatic heterocycles. The van der Waals surface area contributed by atoms with Crippen molar-refractivity contribution in [3.63, 3.8) is 0 Å². The fourth-order valence-electron chi connectivity index (χ4n) is 2.19. The first-order chi connectivity index (χ1) is 8.17. The molecule has 0 fully saturated rings. The molecule has 0 aliphatic carbocycles. The zero-order chi connectivity index (χ0) is 12.4. The van der Waals surface area contributed by atoms with Gasteiger partial charge in [-0.25, -0.2) is 4.98 Å². The van der Waals surface area contributed by atoms with E-state index in [4.69, 9.17) is 16.6 Å². The van der Waals surface area contributed by atoms with Crippen LogP contribution < -0.4 is 0 Å². The molecule has 0 saturated carbocycles. The molecular formula is C14H19ClN2. The Morgan fingerprint density at radius 1 is 1.41 bits per heavy atom. The summed E-state index contributed by atoms with van der Waals surface area (Å²) in [6.07, 6.45) is 1.94. The van der Waals surface area contributed by atoms with Crippen molar-refractivity contribution < 1.29 is 0 Å². The zero-order valence-electron chi connectivity index (χ0n) is 10.7. The highest BCUT2D eigenvalue weighted by molar-refractivity contribution is 6.17. The average Bonchev–Trinajstić information content (AvgIpc) is 2.66. The van der Waals surface area contributed by atoms with E-state index in [0.717, 1.165) is 24.2 Å². The topological polar surface area (TPSA) is 17.8 Å². The molecule has 0 N–H and O–H groups in total. The lowest BCUT2D eigenvalue weighted by molar-refractivity contribution is 0.524. The van der Waals surface area contributed by atoms with Gasteiger partial charge in [0, 0.05) is 18.3 Å². The van der Waals surface area contributed by atoms with Crippen LogP contribution in [0, 0.1) is 6.92 Å². The minimum absolute atomic E-state index is 0.472. The second kappa shape index (κ2) is 5.09. The van der Waals surface area contributed by atoms with Crippen molar-refractivity contribution in [2.45, 2.75) is 39.7 Å². The van der Waals surface area contributed by atoms with E-state index in [-0.39, 0.29) is 0 Å². The Hall–Kier alpha value is -1.02. The van der Waals surface area contributed by atoms with E-state index in [1.165, 1.54) is 11.1 Å². The summed E-state index contributed by atoms with van der Waals surface area (Å²) < 4.78 is 2.34. The van der Waals surface area contributed by atoms with E-state index in [2.05, 4.69) is 43.5 Å². The number of hydrogen-bond donors (Lipinski definition) is 0. The van der Waals surface area contributed by atoms with E-state index in [0.29, 0.717) is 11.9 Å². The number of fused-ring (bicyclic) bond motifs is 1. The van der Waals surface area contributed by atoms with E-state index in [9.17, 15) is 0 Å². The Morgan fingerprint density at radius 3 is 2.82 bits per heavy atom. The van der Waals surface area contributed by atoms with Crippen LogP contribution in [0.4, 0.5) is 0 Å². The van der Waals surface area contributed by atoms with E-state index >= 15 is 0 Å². The molecule has 0 aliphatic rings. The molecular weight excluding hydrogens is 232 g/mol. The van der Waals surface area contributed by atoms with Crippen molar-refractivity contribution in [3.05, 3.63) is 29.6 Å². The van der Waals surface area contributed by atoms with Crippen LogP contribution in [0.2, 0.25) is 0 Å². The molecule has 1 aromatic heterocycles. The summed E-state index contributed by atoms with van der Waals surface area (Å²) in [6, 6.07) is 6.90. The fraction of sp³-hybridized carbons (Fsp3) is 0.500. The molecule has 0 spiro atoms. The van der Waals surface area contributed by atoms with Crippen LogP contribution in [0.1, 0.15) is 37.7 Å². The van der Waals surface area contributed by atoms with E-state index in [1.54, 1.807) is 0 Å². The molecule has 1 heterocycles. The van der Waals surface area contributed by atoms with Gasteiger partial charge in [0.1, 0.15) is 5.82 Å². The van der Waals surface area contributed by atoms with Crippen LogP contribution in [-0.2, 0) is 6.42 Å². The van der Waals surface area contributed by atoms with Crippen LogP contribution in [0.15, 0.2) is 18.2 Å². The highest BCUT2D eigenvalue weighted by Gasteiger charge is 2.14. The lowest BCUT2D eigenvalue weighted by Gasteiger charge is -2.15. The van der Waals surface area contributed by atoms with Gasteiger partial charge < -0.3 is 4.57 Å². The summed E-state index contributed by atoms with van der Waals surface area (Å²) >= 11 is 5.86. The minimum atomic E-state index is 0.472. The predicted octanol–water partition coefficient (Wildman–Crippen LogP) is 4.10. The molecule has 17 heavy (non-hydrogen) atoms. The van der Waals surface area contributed by atoms with Crippen molar-refractivity contribution in [2.75, 3.05) is 5.88 Å². The number of hydrogen-bond acceptors (Lipinski definition) is 1. The van der Waals surface area contributed by atoms with Crippen LogP contribution in [0.5, 0.6) is 0 Å². The smallest absolute Gasteiger partial charge is 0.111 e. The Morgan fingerprint density at radius 2 is 2.18 bits per heavy atom. The third kappa shape index (κ3) is 2.32. The molecule has 0 saturated heterocycles. The first-order valence-corrected chi connectivity index (χ1v) is 6.74. The molecule has 2 rings (SSSR count). The third-order valence-corrected chi connectivity index (χ3v) is 3.46. The minimum Gasteiger partial charge on any atom is -0.325 e. The van der Waals surface area contributed by atoms with Crippen molar-refractivity contribution >= 4 is 22.6 Å². The van der Waals surface area contributed by atoms with Gasteiger partial charge in [-0.1, -0.05) is 13.0 Å². The lowest BCUT2D eigenvalue weighted by atomic mass is 10.2. The molecule has 2 aromatic rings. The van der Waals surface area contributed by atoms with Gasteiger partial charge in [0.25, 0.3) is 0 Å². The molecule has 0 radical (unpaired) electrons. The molecule has 1 atom stereocenters. The fourth-order valence-corrected chi connectivity index (χ4v) is 2.36. The van der Waals surface area contributed by atoms with Crippen LogP contribution in [0.25, 0.3) is 11.0 Å². The normalized spacial score (nSPS) is 13.2. The molecule has 0 bridgehead atoms. The second-order valence-corrected chi connectivity index (χ2v) is 4.96. The quantitative estimate of drug-likeness (QED) is 0.747. The summed E-state index contributed by atoms with van der Waals surface area (Å²) in [6.45, 7) is 6.56. The third-order valence-electron chi connectivity index (χ3n) is 3.27. The first-order valence-electron chi connectivity index (χ1n) is 6.20. The molecule has 92 valence electrons. The lowest BCUT2D eigenvalue weighted by Crippen LogP contribution is -2.09. The maximum Gasteiger partial charge on any atom is 0.111 e. The Kier molecular flexibility index (Phi) is 3.72. The molecule has 3 heteroatoms. The maximum atomic E-state index is 5.86. The van der Waals surface area contributed by atoms with Gasteiger partial charge in [-0.3, -0.25) is 0 Å². The van der Waals surface area contributed by atoms with Gasteiger partial charge >= 0.3 is 0 Å². The summed E-state index contributed by atoms with van der Waals surface area (Å²) in [7, 11) is 0. The number of benzene rings is 1.